The molecular weight excluding hydrogens is 447 g/mol. The van der Waals surface area contributed by atoms with Gasteiger partial charge in [-0.05, 0) is 78.5 Å². The number of hydrogen-bond donors (Lipinski definition) is 0. The molecule has 25 heavy (non-hydrogen) atoms. The zero-order valence-electron chi connectivity index (χ0n) is 14.0. The zero-order chi connectivity index (χ0) is 17.9. The highest BCUT2D eigenvalue weighted by Gasteiger charge is 2.74. The molecule has 5 rings (SSSR count). The molecule has 0 atom stereocenters. The minimum Gasteiger partial charge on any atom is -0.294 e. The molecule has 0 aliphatic heterocycles. The molecule has 130 valence electrons. The van der Waals surface area contributed by atoms with E-state index >= 15 is 0 Å². The van der Waals surface area contributed by atoms with Crippen LogP contribution < -0.4 is 0 Å². The van der Waals surface area contributed by atoms with E-state index in [9.17, 15) is 13.2 Å². The van der Waals surface area contributed by atoms with Crippen molar-refractivity contribution in [1.29, 1.82) is 0 Å². The Labute approximate surface area is 161 Å². The predicted octanol–water partition coefficient (Wildman–Crippen LogP) is 4.57. The average molecular weight is 466 g/mol. The molecule has 2 aromatic carbocycles. The number of carbonyl (C=O) groups excluding carboxylic acids is 1. The maximum atomic E-state index is 12.9. The van der Waals surface area contributed by atoms with Crippen LogP contribution in [0, 0.1) is 15.9 Å². The van der Waals surface area contributed by atoms with Crippen LogP contribution in [0.1, 0.15) is 41.6 Å². The van der Waals surface area contributed by atoms with Gasteiger partial charge >= 0.3 is 0 Å². The number of Topliss-reactive ketones (excluding diaryl/α,β-unsaturated/α-hetero) is 1. The molecule has 0 saturated heterocycles. The lowest BCUT2D eigenvalue weighted by atomic mass is 9.42. The predicted molar refractivity (Wildman–Crippen MR) is 105 cm³/mol. The number of benzene rings is 2. The molecule has 3 aliphatic rings. The first kappa shape index (κ1) is 17.2. The largest absolute Gasteiger partial charge is 0.294 e. The van der Waals surface area contributed by atoms with Crippen LogP contribution in [-0.2, 0) is 9.84 Å². The van der Waals surface area contributed by atoms with Gasteiger partial charge in [-0.15, -0.1) is 0 Å². The lowest BCUT2D eigenvalue weighted by Gasteiger charge is -2.69. The lowest BCUT2D eigenvalue weighted by Crippen LogP contribution is -2.70. The maximum Gasteiger partial charge on any atom is 0.184 e. The first-order valence-corrected chi connectivity index (χ1v) is 10.9. The SMILES string of the molecule is Cc1ccc(S(=O)(=O)C23CC(CC(=O)c4ccc(I)cc4)(C2)C3)cc1. The first-order chi connectivity index (χ1) is 11.8. The second-order valence-electron chi connectivity index (χ2n) is 7.64. The summed E-state index contributed by atoms with van der Waals surface area (Å²) in [6.07, 6.45) is 2.31. The van der Waals surface area contributed by atoms with Crippen LogP contribution in [0.3, 0.4) is 0 Å². The number of hydrogen-bond acceptors (Lipinski definition) is 3. The summed E-state index contributed by atoms with van der Waals surface area (Å²) in [5, 5.41) is 0. The third-order valence-electron chi connectivity index (χ3n) is 5.69. The third-order valence-corrected chi connectivity index (χ3v) is 8.88. The molecule has 5 heteroatoms. The summed E-state index contributed by atoms with van der Waals surface area (Å²) < 4.78 is 26.3. The van der Waals surface area contributed by atoms with Gasteiger partial charge in [-0.1, -0.05) is 29.8 Å². The molecule has 3 fully saturated rings. The first-order valence-electron chi connectivity index (χ1n) is 8.36. The van der Waals surface area contributed by atoms with Gasteiger partial charge < -0.3 is 0 Å². The fraction of sp³-hybridized carbons (Fsp3) is 0.350. The van der Waals surface area contributed by atoms with Gasteiger partial charge in [0.2, 0.25) is 0 Å². The van der Waals surface area contributed by atoms with Gasteiger partial charge in [0.05, 0.1) is 9.64 Å². The Balaban J connectivity index is 1.46. The van der Waals surface area contributed by atoms with Gasteiger partial charge in [-0.2, -0.15) is 0 Å². The van der Waals surface area contributed by atoms with Crippen molar-refractivity contribution < 1.29 is 13.2 Å². The molecule has 0 amide bonds. The van der Waals surface area contributed by atoms with E-state index in [-0.39, 0.29) is 11.2 Å². The molecule has 0 aromatic heterocycles. The lowest BCUT2D eigenvalue weighted by molar-refractivity contribution is -0.0791. The molecule has 3 aliphatic carbocycles. The van der Waals surface area contributed by atoms with E-state index in [0.29, 0.717) is 30.6 Å². The fourth-order valence-electron chi connectivity index (χ4n) is 4.41. The zero-order valence-corrected chi connectivity index (χ0v) is 16.9. The summed E-state index contributed by atoms with van der Waals surface area (Å²) in [6.45, 7) is 1.95. The number of aryl methyl sites for hydroxylation is 1. The van der Waals surface area contributed by atoms with E-state index in [4.69, 9.17) is 0 Å². The highest BCUT2D eigenvalue weighted by Crippen LogP contribution is 2.73. The van der Waals surface area contributed by atoms with Crippen LogP contribution in [0.25, 0.3) is 0 Å². The average Bonchev–Trinajstić information content (AvgIpc) is 2.50. The normalized spacial score (nSPS) is 27.3. The highest BCUT2D eigenvalue weighted by atomic mass is 127. The standard InChI is InChI=1S/C20H19IO3S/c1-14-2-8-17(9-3-14)25(23,24)20-11-19(12-20,13-20)10-18(22)15-4-6-16(21)7-5-15/h2-9H,10-13H2,1H3. The molecule has 3 nitrogen and oxygen atoms in total. The van der Waals surface area contributed by atoms with Crippen molar-refractivity contribution >= 4 is 38.2 Å². The van der Waals surface area contributed by atoms with Crippen molar-refractivity contribution in [3.8, 4) is 0 Å². The minimum atomic E-state index is -3.31. The second kappa shape index (κ2) is 5.64. The van der Waals surface area contributed by atoms with Crippen LogP contribution in [0.2, 0.25) is 0 Å². The smallest absolute Gasteiger partial charge is 0.184 e. The molecule has 0 heterocycles. The third kappa shape index (κ3) is 2.67. The Morgan fingerprint density at radius 1 is 1.00 bits per heavy atom. The van der Waals surface area contributed by atoms with Crippen LogP contribution in [-0.4, -0.2) is 18.9 Å². The van der Waals surface area contributed by atoms with E-state index in [2.05, 4.69) is 22.6 Å². The van der Waals surface area contributed by atoms with Gasteiger partial charge in [0.15, 0.2) is 15.6 Å². The topological polar surface area (TPSA) is 51.2 Å². The summed E-state index contributed by atoms with van der Waals surface area (Å²) >= 11 is 2.21. The molecule has 0 N–H and O–H groups in total. The van der Waals surface area contributed by atoms with E-state index in [1.54, 1.807) is 12.1 Å². The maximum absolute atomic E-state index is 12.9. The summed E-state index contributed by atoms with van der Waals surface area (Å²) in [7, 11) is -3.31. The van der Waals surface area contributed by atoms with Gasteiger partial charge in [0.25, 0.3) is 0 Å². The van der Waals surface area contributed by atoms with Gasteiger partial charge in [-0.3, -0.25) is 4.79 Å². The van der Waals surface area contributed by atoms with Crippen LogP contribution in [0.15, 0.2) is 53.4 Å². The molecule has 2 aromatic rings. The van der Waals surface area contributed by atoms with Crippen molar-refractivity contribution in [3.05, 3.63) is 63.2 Å². The number of carbonyl (C=O) groups is 1. The molecular formula is C20H19IO3S. The Morgan fingerprint density at radius 2 is 1.56 bits per heavy atom. The number of halogens is 1. The number of rotatable bonds is 5. The van der Waals surface area contributed by atoms with Crippen molar-refractivity contribution in [2.75, 3.05) is 0 Å². The quantitative estimate of drug-likeness (QED) is 0.479. The number of ketones is 1. The Kier molecular flexibility index (Phi) is 3.89. The molecule has 0 radical (unpaired) electrons. The Bertz CT molecular complexity index is 924. The van der Waals surface area contributed by atoms with Crippen LogP contribution in [0.5, 0.6) is 0 Å². The Morgan fingerprint density at radius 3 is 2.12 bits per heavy atom. The second-order valence-corrected chi connectivity index (χ2v) is 11.2. The summed E-state index contributed by atoms with van der Waals surface area (Å²) in [5.74, 6) is 0.123. The summed E-state index contributed by atoms with van der Waals surface area (Å²) in [6, 6.07) is 14.7. The van der Waals surface area contributed by atoms with E-state index in [1.807, 2.05) is 43.3 Å². The van der Waals surface area contributed by atoms with Crippen molar-refractivity contribution in [1.82, 2.24) is 0 Å². The van der Waals surface area contributed by atoms with Crippen molar-refractivity contribution in [2.45, 2.75) is 42.2 Å². The fourth-order valence-corrected chi connectivity index (χ4v) is 7.26. The molecule has 0 unspecified atom stereocenters. The molecule has 2 bridgehead atoms. The monoisotopic (exact) mass is 466 g/mol. The van der Waals surface area contributed by atoms with Crippen LogP contribution in [0.4, 0.5) is 0 Å². The summed E-state index contributed by atoms with van der Waals surface area (Å²) in [5.41, 5.74) is 1.68. The highest BCUT2D eigenvalue weighted by molar-refractivity contribution is 14.1. The van der Waals surface area contributed by atoms with Gasteiger partial charge in [-0.25, -0.2) is 8.42 Å². The van der Waals surface area contributed by atoms with E-state index in [1.165, 1.54) is 0 Å². The van der Waals surface area contributed by atoms with E-state index in [0.717, 1.165) is 14.7 Å². The number of sulfone groups is 1. The minimum absolute atomic E-state index is 0.0994. The summed E-state index contributed by atoms with van der Waals surface area (Å²) in [4.78, 5) is 12.9. The molecule has 3 saturated carbocycles. The van der Waals surface area contributed by atoms with Gasteiger partial charge in [0, 0.05) is 15.6 Å². The van der Waals surface area contributed by atoms with Crippen molar-refractivity contribution in [2.24, 2.45) is 5.41 Å². The van der Waals surface area contributed by atoms with E-state index < -0.39 is 14.6 Å². The Hall–Kier alpha value is -1.21. The van der Waals surface area contributed by atoms with Gasteiger partial charge in [0.1, 0.15) is 0 Å². The van der Waals surface area contributed by atoms with Crippen molar-refractivity contribution in [3.63, 3.8) is 0 Å². The van der Waals surface area contributed by atoms with Crippen LogP contribution >= 0.6 is 22.6 Å². The molecule has 0 spiro atoms.